The van der Waals surface area contributed by atoms with Crippen molar-refractivity contribution in [1.82, 2.24) is 4.98 Å². The highest BCUT2D eigenvalue weighted by Gasteiger charge is 2.06. The fourth-order valence-corrected chi connectivity index (χ4v) is 2.39. The summed E-state index contributed by atoms with van der Waals surface area (Å²) >= 11 is 3.59. The Labute approximate surface area is 129 Å². The predicted octanol–water partition coefficient (Wildman–Crippen LogP) is 4.30. The number of aromatic nitrogens is 1. The molecule has 0 bridgehead atoms. The van der Waals surface area contributed by atoms with Gasteiger partial charge in [-0.1, -0.05) is 41.1 Å². The van der Waals surface area contributed by atoms with Gasteiger partial charge >= 0.3 is 0 Å². The Hall–Kier alpha value is -1.55. The van der Waals surface area contributed by atoms with Gasteiger partial charge in [0.2, 0.25) is 0 Å². The average molecular weight is 334 g/mol. The summed E-state index contributed by atoms with van der Waals surface area (Å²) in [5.41, 5.74) is 3.45. The van der Waals surface area contributed by atoms with Crippen LogP contribution in [0, 0.1) is 0 Å². The molecule has 0 radical (unpaired) electrons. The molecule has 0 aliphatic rings. The fourth-order valence-electron chi connectivity index (χ4n) is 1.98. The van der Waals surface area contributed by atoms with Gasteiger partial charge < -0.3 is 10.2 Å². The second-order valence-electron chi connectivity index (χ2n) is 4.81. The van der Waals surface area contributed by atoms with Crippen molar-refractivity contribution in [3.63, 3.8) is 0 Å². The molecule has 3 nitrogen and oxygen atoms in total. The molecule has 0 saturated carbocycles. The lowest BCUT2D eigenvalue weighted by molar-refractivity contribution is 0.912. The van der Waals surface area contributed by atoms with Crippen LogP contribution in [0.2, 0.25) is 0 Å². The van der Waals surface area contributed by atoms with E-state index in [1.807, 2.05) is 18.5 Å². The molecule has 1 heterocycles. The first-order valence-electron chi connectivity index (χ1n) is 6.84. The third-order valence-corrected chi connectivity index (χ3v) is 3.88. The van der Waals surface area contributed by atoms with Crippen LogP contribution in [0.25, 0.3) is 0 Å². The molecule has 1 aromatic heterocycles. The summed E-state index contributed by atoms with van der Waals surface area (Å²) in [4.78, 5) is 6.51. The largest absolute Gasteiger partial charge is 0.384 e. The van der Waals surface area contributed by atoms with Crippen LogP contribution in [-0.4, -0.2) is 18.6 Å². The van der Waals surface area contributed by atoms with Crippen LogP contribution in [0.4, 0.5) is 11.4 Å². The summed E-state index contributed by atoms with van der Waals surface area (Å²) < 4.78 is 1.14. The van der Waals surface area contributed by atoms with Crippen molar-refractivity contribution in [1.29, 1.82) is 0 Å². The summed E-state index contributed by atoms with van der Waals surface area (Å²) in [6, 6.07) is 10.4. The highest BCUT2D eigenvalue weighted by atomic mass is 79.9. The van der Waals surface area contributed by atoms with E-state index in [1.54, 1.807) is 0 Å². The summed E-state index contributed by atoms with van der Waals surface area (Å²) in [6.07, 6.45) is 4.87. The van der Waals surface area contributed by atoms with Gasteiger partial charge in [-0.05, 0) is 24.1 Å². The van der Waals surface area contributed by atoms with Gasteiger partial charge in [-0.15, -0.1) is 0 Å². The van der Waals surface area contributed by atoms with Crippen molar-refractivity contribution in [3.05, 3.63) is 52.8 Å². The predicted molar refractivity (Wildman–Crippen MR) is 89.3 cm³/mol. The van der Waals surface area contributed by atoms with Crippen molar-refractivity contribution in [3.8, 4) is 0 Å². The van der Waals surface area contributed by atoms with Crippen LogP contribution in [0.15, 0.2) is 47.2 Å². The van der Waals surface area contributed by atoms with Gasteiger partial charge in [0.1, 0.15) is 0 Å². The van der Waals surface area contributed by atoms with Crippen LogP contribution >= 0.6 is 15.9 Å². The Morgan fingerprint density at radius 2 is 2.05 bits per heavy atom. The van der Waals surface area contributed by atoms with E-state index in [1.165, 1.54) is 5.56 Å². The number of nitrogens with one attached hydrogen (secondary N) is 1. The molecule has 0 aliphatic heterocycles. The van der Waals surface area contributed by atoms with Gasteiger partial charge in [0.25, 0.3) is 0 Å². The summed E-state index contributed by atoms with van der Waals surface area (Å²) in [5, 5.41) is 3.37. The van der Waals surface area contributed by atoms with E-state index < -0.39 is 0 Å². The average Bonchev–Trinajstić information content (AvgIpc) is 2.48. The van der Waals surface area contributed by atoms with Gasteiger partial charge in [-0.2, -0.15) is 0 Å². The van der Waals surface area contributed by atoms with Crippen LogP contribution in [0.3, 0.4) is 0 Å². The molecule has 0 atom stereocenters. The quantitative estimate of drug-likeness (QED) is 0.854. The lowest BCUT2D eigenvalue weighted by Crippen LogP contribution is -2.17. The maximum atomic E-state index is 4.31. The second kappa shape index (κ2) is 7.29. The smallest absolute Gasteiger partial charge is 0.0573 e. The summed E-state index contributed by atoms with van der Waals surface area (Å²) in [5.74, 6) is 0. The lowest BCUT2D eigenvalue weighted by atomic mass is 10.2. The first kappa shape index (κ1) is 14.9. The Balaban J connectivity index is 2.09. The van der Waals surface area contributed by atoms with E-state index in [0.717, 1.165) is 35.4 Å². The molecular weight excluding hydrogens is 314 g/mol. The zero-order valence-corrected chi connectivity index (χ0v) is 13.5. The number of hydrogen-bond donors (Lipinski definition) is 1. The van der Waals surface area contributed by atoms with Gasteiger partial charge in [-0.3, -0.25) is 4.98 Å². The molecule has 0 fully saturated rings. The number of benzene rings is 1. The molecular formula is C16H20BrN3. The molecule has 2 rings (SSSR count). The van der Waals surface area contributed by atoms with E-state index in [2.05, 4.69) is 69.4 Å². The Bertz CT molecular complexity index is 557. The molecule has 1 aromatic carbocycles. The number of anilines is 2. The van der Waals surface area contributed by atoms with Crippen LogP contribution in [0.1, 0.15) is 18.9 Å². The van der Waals surface area contributed by atoms with Crippen molar-refractivity contribution in [2.75, 3.05) is 23.8 Å². The van der Waals surface area contributed by atoms with E-state index >= 15 is 0 Å². The molecule has 0 aliphatic carbocycles. The molecule has 106 valence electrons. The number of nitrogens with zero attached hydrogens (tertiary/aromatic N) is 2. The fraction of sp³-hybridized carbons (Fsp3) is 0.312. The van der Waals surface area contributed by atoms with Crippen molar-refractivity contribution in [2.24, 2.45) is 0 Å². The van der Waals surface area contributed by atoms with E-state index in [9.17, 15) is 0 Å². The number of rotatable bonds is 6. The van der Waals surface area contributed by atoms with E-state index in [0.29, 0.717) is 0 Å². The molecule has 0 unspecified atom stereocenters. The van der Waals surface area contributed by atoms with Gasteiger partial charge in [0.05, 0.1) is 23.8 Å². The highest BCUT2D eigenvalue weighted by Crippen LogP contribution is 2.22. The number of hydrogen-bond acceptors (Lipinski definition) is 3. The Morgan fingerprint density at radius 1 is 1.25 bits per heavy atom. The lowest BCUT2D eigenvalue weighted by Gasteiger charge is -2.20. The molecule has 0 saturated heterocycles. The Kier molecular flexibility index (Phi) is 5.41. The van der Waals surface area contributed by atoms with Crippen molar-refractivity contribution >= 4 is 27.3 Å². The third kappa shape index (κ3) is 3.97. The van der Waals surface area contributed by atoms with Crippen LogP contribution < -0.4 is 10.2 Å². The zero-order valence-electron chi connectivity index (χ0n) is 11.9. The van der Waals surface area contributed by atoms with Crippen molar-refractivity contribution < 1.29 is 0 Å². The maximum absolute atomic E-state index is 4.31. The minimum atomic E-state index is 0.848. The number of halogens is 1. The van der Waals surface area contributed by atoms with E-state index in [4.69, 9.17) is 0 Å². The molecule has 4 heteroatoms. The van der Waals surface area contributed by atoms with Gasteiger partial charge in [0, 0.05) is 24.6 Å². The third-order valence-electron chi connectivity index (χ3n) is 3.11. The first-order chi connectivity index (χ1) is 9.70. The maximum Gasteiger partial charge on any atom is 0.0573 e. The highest BCUT2D eigenvalue weighted by molar-refractivity contribution is 9.10. The zero-order chi connectivity index (χ0) is 14.4. The second-order valence-corrected chi connectivity index (χ2v) is 5.66. The molecule has 20 heavy (non-hydrogen) atoms. The first-order valence-corrected chi connectivity index (χ1v) is 7.63. The van der Waals surface area contributed by atoms with Crippen molar-refractivity contribution in [2.45, 2.75) is 19.9 Å². The molecule has 0 amide bonds. The number of pyridine rings is 1. The van der Waals surface area contributed by atoms with Crippen LogP contribution in [-0.2, 0) is 6.54 Å². The monoisotopic (exact) mass is 333 g/mol. The van der Waals surface area contributed by atoms with Gasteiger partial charge in [0.15, 0.2) is 0 Å². The van der Waals surface area contributed by atoms with Crippen LogP contribution in [0.5, 0.6) is 0 Å². The van der Waals surface area contributed by atoms with E-state index in [-0.39, 0.29) is 0 Å². The topological polar surface area (TPSA) is 28.2 Å². The molecule has 1 N–H and O–H groups in total. The Morgan fingerprint density at radius 3 is 2.80 bits per heavy atom. The minimum Gasteiger partial charge on any atom is -0.384 e. The standard InChI is InChI=1S/C16H20BrN3/c1-3-8-19-14-9-15(11-18-10-14)20(2)12-13-6-4-5-7-16(13)17/h4-7,9-11,19H,3,8,12H2,1-2H3. The minimum absolute atomic E-state index is 0.848. The normalized spacial score (nSPS) is 10.3. The van der Waals surface area contributed by atoms with Gasteiger partial charge in [-0.25, -0.2) is 0 Å². The summed E-state index contributed by atoms with van der Waals surface area (Å²) in [6.45, 7) is 3.97. The SMILES string of the molecule is CCCNc1cncc(N(C)Cc2ccccc2Br)c1. The summed E-state index contributed by atoms with van der Waals surface area (Å²) in [7, 11) is 2.08. The molecule has 2 aromatic rings. The molecule has 0 spiro atoms.